The van der Waals surface area contributed by atoms with Gasteiger partial charge in [-0.3, -0.25) is 0 Å². The molecule has 0 bridgehead atoms. The minimum atomic E-state index is 0.892. The van der Waals surface area contributed by atoms with Gasteiger partial charge in [-0.2, -0.15) is 0 Å². The van der Waals surface area contributed by atoms with Crippen LogP contribution in [0.4, 0.5) is 0 Å². The molecular weight excluding hydrogens is 548 g/mol. The normalized spacial score (nSPS) is 12.0. The average molecular weight is 575 g/mol. The second-order valence-corrected chi connectivity index (χ2v) is 11.8. The van der Waals surface area contributed by atoms with E-state index in [-0.39, 0.29) is 0 Å². The minimum Gasteiger partial charge on any atom is -0.456 e. The first-order chi connectivity index (χ1) is 22.3. The number of para-hydroxylation sites is 4. The van der Waals surface area contributed by atoms with Crippen molar-refractivity contribution in [3.05, 3.63) is 146 Å². The second kappa shape index (κ2) is 9.22. The molecule has 3 aromatic heterocycles. The molecule has 0 saturated carbocycles. The van der Waals surface area contributed by atoms with Crippen molar-refractivity contribution in [1.29, 1.82) is 0 Å². The van der Waals surface area contributed by atoms with Crippen LogP contribution >= 0.6 is 0 Å². The number of hydrogen-bond acceptors (Lipinski definition) is 1. The van der Waals surface area contributed by atoms with Crippen molar-refractivity contribution in [3.63, 3.8) is 0 Å². The maximum atomic E-state index is 6.39. The molecule has 0 aliphatic rings. The number of H-pyrrole nitrogens is 2. The fourth-order valence-corrected chi connectivity index (χ4v) is 7.46. The van der Waals surface area contributed by atoms with Crippen molar-refractivity contribution in [1.82, 2.24) is 9.97 Å². The summed E-state index contributed by atoms with van der Waals surface area (Å²) in [6.45, 7) is 0. The van der Waals surface area contributed by atoms with Gasteiger partial charge in [-0.15, -0.1) is 0 Å². The fraction of sp³-hybridized carbons (Fsp3) is 0. The Morgan fingerprint density at radius 2 is 0.867 bits per heavy atom. The topological polar surface area (TPSA) is 44.7 Å². The van der Waals surface area contributed by atoms with E-state index in [0.29, 0.717) is 0 Å². The molecule has 210 valence electrons. The standard InChI is InChI=1S/C42H26N2O/c1-2-12-26(30-16-9-17-31-27-13-3-6-19-35(27)43-41(30)31)25(11-1)29-23-24-32-28-14-4-7-20-36(28)44-42(32)40(29)34-18-10-22-38-39(34)33-15-5-8-21-37(33)45-38/h1-24,43-44H. The van der Waals surface area contributed by atoms with Gasteiger partial charge in [0.05, 0.1) is 11.0 Å². The zero-order valence-corrected chi connectivity index (χ0v) is 24.3. The van der Waals surface area contributed by atoms with Gasteiger partial charge in [0, 0.05) is 54.5 Å². The summed E-state index contributed by atoms with van der Waals surface area (Å²) in [6.07, 6.45) is 0. The molecule has 7 aromatic carbocycles. The highest BCUT2D eigenvalue weighted by atomic mass is 16.3. The maximum Gasteiger partial charge on any atom is 0.136 e. The molecule has 10 aromatic rings. The van der Waals surface area contributed by atoms with E-state index in [0.717, 1.165) is 49.6 Å². The van der Waals surface area contributed by atoms with Crippen LogP contribution in [0.2, 0.25) is 0 Å². The fourth-order valence-electron chi connectivity index (χ4n) is 7.46. The SMILES string of the molecule is c1ccc(-c2cccc3c2[nH]c2ccccc23)c(-c2ccc3c([nH]c4ccccc43)c2-c2cccc3oc4ccccc4c23)c1. The van der Waals surface area contributed by atoms with E-state index in [1.54, 1.807) is 0 Å². The van der Waals surface area contributed by atoms with Crippen LogP contribution in [0.5, 0.6) is 0 Å². The molecular formula is C42H26N2O. The van der Waals surface area contributed by atoms with Crippen LogP contribution in [0.25, 0.3) is 98.9 Å². The number of benzene rings is 7. The second-order valence-electron chi connectivity index (χ2n) is 11.8. The van der Waals surface area contributed by atoms with Crippen molar-refractivity contribution in [3.8, 4) is 33.4 Å². The molecule has 3 nitrogen and oxygen atoms in total. The van der Waals surface area contributed by atoms with Crippen molar-refractivity contribution < 1.29 is 4.42 Å². The van der Waals surface area contributed by atoms with Gasteiger partial charge < -0.3 is 14.4 Å². The smallest absolute Gasteiger partial charge is 0.136 e. The van der Waals surface area contributed by atoms with Gasteiger partial charge in [-0.05, 0) is 46.5 Å². The summed E-state index contributed by atoms with van der Waals surface area (Å²) < 4.78 is 6.39. The maximum absolute atomic E-state index is 6.39. The molecule has 10 rings (SSSR count). The van der Waals surface area contributed by atoms with Gasteiger partial charge in [0.1, 0.15) is 11.2 Å². The van der Waals surface area contributed by atoms with Crippen molar-refractivity contribution in [2.24, 2.45) is 0 Å². The van der Waals surface area contributed by atoms with Gasteiger partial charge >= 0.3 is 0 Å². The molecule has 0 unspecified atom stereocenters. The Bertz CT molecular complexity index is 2770. The lowest BCUT2D eigenvalue weighted by Gasteiger charge is -2.17. The molecule has 3 heterocycles. The molecule has 0 aliphatic carbocycles. The summed E-state index contributed by atoms with van der Waals surface area (Å²) in [5.74, 6) is 0. The minimum absolute atomic E-state index is 0.892. The highest BCUT2D eigenvalue weighted by molar-refractivity contribution is 6.21. The summed E-state index contributed by atoms with van der Waals surface area (Å²) >= 11 is 0. The lowest BCUT2D eigenvalue weighted by molar-refractivity contribution is 0.669. The molecule has 2 N–H and O–H groups in total. The zero-order chi connectivity index (χ0) is 29.5. The first kappa shape index (κ1) is 24.4. The molecule has 0 saturated heterocycles. The van der Waals surface area contributed by atoms with Crippen LogP contribution in [-0.4, -0.2) is 9.97 Å². The molecule has 0 aliphatic heterocycles. The molecule has 0 amide bonds. The number of nitrogens with one attached hydrogen (secondary N) is 2. The summed E-state index contributed by atoms with van der Waals surface area (Å²) in [4.78, 5) is 7.57. The number of rotatable bonds is 3. The summed E-state index contributed by atoms with van der Waals surface area (Å²) in [5.41, 5.74) is 13.4. The monoisotopic (exact) mass is 574 g/mol. The Morgan fingerprint density at radius 1 is 0.333 bits per heavy atom. The van der Waals surface area contributed by atoms with E-state index in [1.165, 1.54) is 49.4 Å². The summed E-state index contributed by atoms with van der Waals surface area (Å²) in [6, 6.07) is 51.9. The van der Waals surface area contributed by atoms with Gasteiger partial charge in [-0.25, -0.2) is 0 Å². The third-order valence-electron chi connectivity index (χ3n) is 9.40. The van der Waals surface area contributed by atoms with E-state index in [4.69, 9.17) is 4.42 Å². The Morgan fingerprint density at radius 3 is 1.67 bits per heavy atom. The number of aromatic nitrogens is 2. The molecule has 0 radical (unpaired) electrons. The van der Waals surface area contributed by atoms with Gasteiger partial charge in [0.15, 0.2) is 0 Å². The quantitative estimate of drug-likeness (QED) is 0.217. The van der Waals surface area contributed by atoms with Crippen LogP contribution in [0, 0.1) is 0 Å². The van der Waals surface area contributed by atoms with Gasteiger partial charge in [0.2, 0.25) is 0 Å². The Balaban J connectivity index is 1.34. The molecule has 0 atom stereocenters. The number of aromatic amines is 2. The zero-order valence-electron chi connectivity index (χ0n) is 24.3. The molecule has 45 heavy (non-hydrogen) atoms. The van der Waals surface area contributed by atoms with Crippen LogP contribution in [0.15, 0.2) is 150 Å². The van der Waals surface area contributed by atoms with E-state index in [9.17, 15) is 0 Å². The third-order valence-corrected chi connectivity index (χ3v) is 9.40. The van der Waals surface area contributed by atoms with E-state index < -0.39 is 0 Å². The first-order valence-electron chi connectivity index (χ1n) is 15.4. The predicted octanol–water partition coefficient (Wildman–Crippen LogP) is 11.9. The van der Waals surface area contributed by atoms with Crippen LogP contribution in [0.1, 0.15) is 0 Å². The molecule has 0 spiro atoms. The van der Waals surface area contributed by atoms with Crippen molar-refractivity contribution >= 4 is 65.6 Å². The summed E-state index contributed by atoms with van der Waals surface area (Å²) in [5, 5.41) is 7.17. The van der Waals surface area contributed by atoms with E-state index in [1.807, 2.05) is 6.07 Å². The third kappa shape index (κ3) is 3.46. The van der Waals surface area contributed by atoms with Crippen LogP contribution in [-0.2, 0) is 0 Å². The molecule has 3 heteroatoms. The number of furan rings is 1. The van der Waals surface area contributed by atoms with Gasteiger partial charge in [-0.1, -0.05) is 121 Å². The van der Waals surface area contributed by atoms with Crippen LogP contribution in [0.3, 0.4) is 0 Å². The highest BCUT2D eigenvalue weighted by Gasteiger charge is 2.22. The Hall–Kier alpha value is -6.06. The van der Waals surface area contributed by atoms with Crippen molar-refractivity contribution in [2.75, 3.05) is 0 Å². The largest absolute Gasteiger partial charge is 0.456 e. The predicted molar refractivity (Wildman–Crippen MR) is 189 cm³/mol. The summed E-state index contributed by atoms with van der Waals surface area (Å²) in [7, 11) is 0. The van der Waals surface area contributed by atoms with Crippen LogP contribution < -0.4 is 0 Å². The highest BCUT2D eigenvalue weighted by Crippen LogP contribution is 2.47. The van der Waals surface area contributed by atoms with Crippen molar-refractivity contribution in [2.45, 2.75) is 0 Å². The molecule has 0 fully saturated rings. The Labute approximate surface area is 258 Å². The average Bonchev–Trinajstić information content (AvgIpc) is 3.79. The van der Waals surface area contributed by atoms with E-state index in [2.05, 4.69) is 149 Å². The number of fused-ring (bicyclic) bond motifs is 9. The van der Waals surface area contributed by atoms with Gasteiger partial charge in [0.25, 0.3) is 0 Å². The lowest BCUT2D eigenvalue weighted by Crippen LogP contribution is -1.92. The van der Waals surface area contributed by atoms with E-state index >= 15 is 0 Å². The Kier molecular flexibility index (Phi) is 5.00. The lowest BCUT2D eigenvalue weighted by atomic mass is 9.86. The first-order valence-corrected chi connectivity index (χ1v) is 15.4. The number of hydrogen-bond donors (Lipinski definition) is 2.